The molecule has 0 radical (unpaired) electrons. The van der Waals surface area contributed by atoms with Crippen LogP contribution in [0.15, 0.2) is 47.4 Å². The average molecular weight is 676 g/mol. The molecule has 3 aliphatic carbocycles. The molecule has 46 heavy (non-hydrogen) atoms. The molecule has 2 aromatic carbocycles. The lowest BCUT2D eigenvalue weighted by molar-refractivity contribution is -0.348. The number of amides is 1. The van der Waals surface area contributed by atoms with E-state index < -0.39 is 62.0 Å². The molecular weight excluding hydrogens is 643 g/mol. The zero-order valence-electron chi connectivity index (χ0n) is 24.7. The second-order valence-corrected chi connectivity index (χ2v) is 15.5. The lowest BCUT2D eigenvalue weighted by atomic mass is 9.48. The minimum Gasteiger partial charge on any atom is -0.481 e. The number of hydrogen-bond acceptors (Lipinski definition) is 4. The summed E-state index contributed by atoms with van der Waals surface area (Å²) in [6.45, 7) is 1.85. The Morgan fingerprint density at radius 2 is 1.50 bits per heavy atom. The smallest absolute Gasteiger partial charge is 0.435 e. The Morgan fingerprint density at radius 3 is 2.04 bits per heavy atom. The van der Waals surface area contributed by atoms with Crippen molar-refractivity contribution in [2.24, 2.45) is 17.3 Å². The second-order valence-electron chi connectivity index (χ2n) is 13.3. The lowest BCUT2D eigenvalue weighted by Gasteiger charge is -2.57. The largest absolute Gasteiger partial charge is 0.481 e. The van der Waals surface area contributed by atoms with Gasteiger partial charge in [-0.15, -0.1) is 0 Å². The van der Waals surface area contributed by atoms with Gasteiger partial charge in [0.05, 0.1) is 16.9 Å². The van der Waals surface area contributed by atoms with Crippen LogP contribution in [0.5, 0.6) is 0 Å². The van der Waals surface area contributed by atoms with Crippen molar-refractivity contribution < 1.29 is 53.8 Å². The summed E-state index contributed by atoms with van der Waals surface area (Å²) in [7, 11) is -4.42. The van der Waals surface area contributed by atoms with Crippen LogP contribution >= 0.6 is 0 Å². The predicted molar refractivity (Wildman–Crippen MR) is 150 cm³/mol. The van der Waals surface area contributed by atoms with E-state index in [-0.39, 0.29) is 53.2 Å². The van der Waals surface area contributed by atoms with Gasteiger partial charge in [0.15, 0.2) is 9.84 Å². The Bertz CT molecular complexity index is 1660. The highest BCUT2D eigenvalue weighted by atomic mass is 32.2. The van der Waals surface area contributed by atoms with Crippen molar-refractivity contribution in [3.05, 3.63) is 64.7 Å². The van der Waals surface area contributed by atoms with Crippen LogP contribution in [0.4, 0.5) is 30.7 Å². The number of benzene rings is 2. The first-order chi connectivity index (χ1) is 21.3. The molecule has 1 aliphatic heterocycles. The maximum atomic E-state index is 15.1. The molecule has 2 aromatic rings. The zero-order valence-corrected chi connectivity index (χ0v) is 25.5. The number of carboxylic acid groups (broad SMARTS) is 1. The number of nitrogens with zero attached hydrogens (tertiary/aromatic N) is 1. The van der Waals surface area contributed by atoms with Crippen molar-refractivity contribution in [3.8, 4) is 0 Å². The molecule has 2 saturated carbocycles. The van der Waals surface area contributed by atoms with E-state index in [2.05, 4.69) is 0 Å². The normalized spacial score (nSPS) is 29.5. The van der Waals surface area contributed by atoms with Crippen molar-refractivity contribution >= 4 is 21.7 Å². The van der Waals surface area contributed by atoms with Crippen molar-refractivity contribution in [2.75, 3.05) is 6.54 Å². The molecule has 0 aromatic heterocycles. The van der Waals surface area contributed by atoms with Gasteiger partial charge in [-0.25, -0.2) is 12.8 Å². The number of hydrogen-bond donors (Lipinski definition) is 1. The van der Waals surface area contributed by atoms with Gasteiger partial charge in [-0.2, -0.15) is 26.3 Å². The molecule has 14 heteroatoms. The molecule has 2 unspecified atom stereocenters. The Morgan fingerprint density at radius 1 is 0.913 bits per heavy atom. The summed E-state index contributed by atoms with van der Waals surface area (Å²) in [5, 5.41) is 9.25. The van der Waals surface area contributed by atoms with E-state index >= 15 is 4.39 Å². The molecular formula is C32H32F7NO5S. The van der Waals surface area contributed by atoms with Crippen molar-refractivity contribution in [1.29, 1.82) is 0 Å². The van der Waals surface area contributed by atoms with Crippen LogP contribution in [-0.2, 0) is 42.7 Å². The number of alkyl halides is 7. The fourth-order valence-electron chi connectivity index (χ4n) is 8.50. The van der Waals surface area contributed by atoms with Crippen LogP contribution in [-0.4, -0.2) is 55.2 Å². The Kier molecular flexibility index (Phi) is 7.42. The van der Waals surface area contributed by atoms with Crippen LogP contribution in [0.3, 0.4) is 0 Å². The Hall–Kier alpha value is -3.16. The molecule has 3 fully saturated rings. The lowest BCUT2D eigenvalue weighted by Crippen LogP contribution is -2.57. The molecule has 2 atom stereocenters. The first-order valence-corrected chi connectivity index (χ1v) is 16.6. The van der Waals surface area contributed by atoms with E-state index in [4.69, 9.17) is 0 Å². The highest BCUT2D eigenvalue weighted by molar-refractivity contribution is 7.92. The third kappa shape index (κ3) is 4.51. The van der Waals surface area contributed by atoms with Crippen LogP contribution in [0.25, 0.3) is 0 Å². The fourth-order valence-corrected chi connectivity index (χ4v) is 10.9. The monoisotopic (exact) mass is 675 g/mol. The van der Waals surface area contributed by atoms with Gasteiger partial charge >= 0.3 is 24.0 Å². The number of carbonyl (C=O) groups is 2. The number of likely N-dealkylation sites (tertiary alicyclic amines) is 1. The standard InChI is InChI=1S/C32H32F7NO5S/c1-2-18-3-7-23(8-4-18)46(44,45)29-11-12-40(26(41)20-14-28(15-20)16-21(17-28)27(42)43)25(29)10-5-19-13-22(6-9-24(19)29)30(33,31(34,35)36)32(37,38)39/h3-4,6-9,13,20-21,25H,2,5,10-12,14-17H2,1H3,(H,42,43). The summed E-state index contributed by atoms with van der Waals surface area (Å²) in [5.74, 6) is -2.10. The van der Waals surface area contributed by atoms with Gasteiger partial charge in [0.2, 0.25) is 5.91 Å². The highest BCUT2D eigenvalue weighted by Gasteiger charge is 2.74. The van der Waals surface area contributed by atoms with Gasteiger partial charge in [0.25, 0.3) is 0 Å². The number of fused-ring (bicyclic) bond motifs is 3. The summed E-state index contributed by atoms with van der Waals surface area (Å²) in [6, 6.07) is 6.74. The van der Waals surface area contributed by atoms with Crippen LogP contribution < -0.4 is 0 Å². The number of carboxylic acids is 1. The van der Waals surface area contributed by atoms with Crippen LogP contribution in [0.1, 0.15) is 67.7 Å². The molecule has 250 valence electrons. The van der Waals surface area contributed by atoms with Gasteiger partial charge in [-0.3, -0.25) is 9.59 Å². The van der Waals surface area contributed by atoms with Crippen molar-refractivity contribution in [1.82, 2.24) is 4.90 Å². The van der Waals surface area contributed by atoms with E-state index in [0.717, 1.165) is 11.6 Å². The summed E-state index contributed by atoms with van der Waals surface area (Å²) in [6.07, 6.45) is -10.6. The van der Waals surface area contributed by atoms with Gasteiger partial charge in [0, 0.05) is 18.0 Å². The number of halogens is 7. The summed E-state index contributed by atoms with van der Waals surface area (Å²) >= 11 is 0. The van der Waals surface area contributed by atoms with Gasteiger partial charge in [-0.1, -0.05) is 37.3 Å². The molecule has 1 spiro atoms. The molecule has 1 saturated heterocycles. The van der Waals surface area contributed by atoms with Crippen molar-refractivity contribution in [2.45, 2.75) is 92.0 Å². The molecule has 0 bridgehead atoms. The number of aliphatic carboxylic acids is 1. The molecule has 1 N–H and O–H groups in total. The summed E-state index contributed by atoms with van der Waals surface area (Å²) < 4.78 is 124. The van der Waals surface area contributed by atoms with E-state index in [0.29, 0.717) is 44.2 Å². The van der Waals surface area contributed by atoms with Crippen LogP contribution in [0, 0.1) is 17.3 Å². The molecule has 6 rings (SSSR count). The zero-order chi connectivity index (χ0) is 33.7. The van der Waals surface area contributed by atoms with Crippen LogP contribution in [0.2, 0.25) is 0 Å². The summed E-state index contributed by atoms with van der Waals surface area (Å²) in [5.41, 5.74) is -6.95. The van der Waals surface area contributed by atoms with E-state index in [1.165, 1.54) is 17.0 Å². The SMILES string of the molecule is CCc1ccc(S(=O)(=O)C23CCN(C(=O)C4CC5(CC(C(=O)O)C5)C4)C2CCc2cc(C(F)(C(F)(F)F)C(F)(F)F)ccc23)cc1. The quantitative estimate of drug-likeness (QED) is 0.347. The third-order valence-corrected chi connectivity index (χ3v) is 13.4. The number of rotatable bonds is 6. The van der Waals surface area contributed by atoms with E-state index in [1.807, 2.05) is 6.92 Å². The predicted octanol–water partition coefficient (Wildman–Crippen LogP) is 6.65. The summed E-state index contributed by atoms with van der Waals surface area (Å²) in [4.78, 5) is 26.5. The molecule has 4 aliphatic rings. The maximum Gasteiger partial charge on any atom is 0.435 e. The number of sulfone groups is 1. The third-order valence-electron chi connectivity index (χ3n) is 10.9. The van der Waals surface area contributed by atoms with Crippen molar-refractivity contribution in [3.63, 3.8) is 0 Å². The van der Waals surface area contributed by atoms with E-state index in [9.17, 15) is 49.5 Å². The molecule has 6 nitrogen and oxygen atoms in total. The number of carbonyl (C=O) groups excluding carboxylic acids is 1. The average Bonchev–Trinajstić information content (AvgIpc) is 3.35. The highest BCUT2D eigenvalue weighted by Crippen LogP contribution is 2.63. The molecule has 1 amide bonds. The van der Waals surface area contributed by atoms with Gasteiger partial charge in [-0.05, 0) is 85.6 Å². The van der Waals surface area contributed by atoms with E-state index in [1.54, 1.807) is 12.1 Å². The Labute approximate surface area is 260 Å². The second kappa shape index (κ2) is 10.4. The topological polar surface area (TPSA) is 91.8 Å². The Balaban J connectivity index is 1.41. The minimum atomic E-state index is -6.33. The minimum absolute atomic E-state index is 0.0175. The maximum absolute atomic E-state index is 15.1. The van der Waals surface area contributed by atoms with Gasteiger partial charge < -0.3 is 10.0 Å². The molecule has 1 heterocycles. The fraction of sp³-hybridized carbons (Fsp3) is 0.562. The first-order valence-electron chi connectivity index (χ1n) is 15.1. The number of aryl methyl sites for hydroxylation is 2. The first kappa shape index (κ1) is 32.8. The van der Waals surface area contributed by atoms with Gasteiger partial charge in [0.1, 0.15) is 4.75 Å².